The zero-order valence-electron chi connectivity index (χ0n) is 15.1. The summed E-state index contributed by atoms with van der Waals surface area (Å²) in [6.45, 7) is 3.87. The van der Waals surface area contributed by atoms with Crippen LogP contribution in [0.3, 0.4) is 0 Å². The Bertz CT molecular complexity index is 1080. The Hall–Kier alpha value is -1.58. The second-order valence-electron chi connectivity index (χ2n) is 6.61. The van der Waals surface area contributed by atoms with Crippen LogP contribution in [0.1, 0.15) is 24.0 Å². The fourth-order valence-corrected chi connectivity index (χ4v) is 6.56. The third kappa shape index (κ3) is 4.30. The number of nitrogens with zero attached hydrogens (tertiary/aromatic N) is 1. The summed E-state index contributed by atoms with van der Waals surface area (Å²) in [6, 6.07) is 10.0. The van der Waals surface area contributed by atoms with Crippen molar-refractivity contribution in [3.63, 3.8) is 0 Å². The number of halogens is 1. The summed E-state index contributed by atoms with van der Waals surface area (Å²) in [6.07, 6.45) is 1.38. The van der Waals surface area contributed by atoms with Gasteiger partial charge in [0.05, 0.1) is 22.0 Å². The molecule has 2 aromatic carbocycles. The normalized spacial score (nSPS) is 16.9. The molecule has 0 unspecified atom stereocenters. The monoisotopic (exact) mass is 472 g/mol. The Labute approximate surface area is 168 Å². The van der Waals surface area contributed by atoms with Gasteiger partial charge in [-0.05, 0) is 68.1 Å². The van der Waals surface area contributed by atoms with Crippen molar-refractivity contribution in [2.45, 2.75) is 31.6 Å². The third-order valence-electron chi connectivity index (χ3n) is 4.53. The van der Waals surface area contributed by atoms with E-state index in [2.05, 4.69) is 20.7 Å². The highest BCUT2D eigenvalue weighted by Gasteiger charge is 2.28. The van der Waals surface area contributed by atoms with Crippen molar-refractivity contribution >= 4 is 47.4 Å². The molecule has 0 spiro atoms. The smallest absolute Gasteiger partial charge is 0.262 e. The van der Waals surface area contributed by atoms with Gasteiger partial charge in [0.1, 0.15) is 0 Å². The van der Waals surface area contributed by atoms with Crippen LogP contribution in [0.15, 0.2) is 45.8 Å². The second kappa shape index (κ2) is 7.44. The van der Waals surface area contributed by atoms with Crippen LogP contribution < -0.4 is 9.03 Å². The van der Waals surface area contributed by atoms with Crippen molar-refractivity contribution in [3.05, 3.63) is 52.0 Å². The minimum Gasteiger partial charge on any atom is -0.279 e. The second-order valence-corrected chi connectivity index (χ2v) is 11.2. The van der Waals surface area contributed by atoms with Crippen LogP contribution in [0.4, 0.5) is 11.4 Å². The summed E-state index contributed by atoms with van der Waals surface area (Å²) in [5.41, 5.74) is 2.19. The molecular formula is C18H21BrN2O4S2. The number of hydrogen-bond donors (Lipinski definition) is 1. The van der Waals surface area contributed by atoms with Gasteiger partial charge < -0.3 is 0 Å². The molecule has 0 radical (unpaired) electrons. The van der Waals surface area contributed by atoms with Crippen molar-refractivity contribution in [1.29, 1.82) is 0 Å². The zero-order valence-corrected chi connectivity index (χ0v) is 18.3. The van der Waals surface area contributed by atoms with Gasteiger partial charge in [0, 0.05) is 11.0 Å². The third-order valence-corrected chi connectivity index (χ3v) is 8.40. The van der Waals surface area contributed by atoms with Gasteiger partial charge in [0.15, 0.2) is 0 Å². The number of rotatable bonds is 4. The molecule has 27 heavy (non-hydrogen) atoms. The van der Waals surface area contributed by atoms with Gasteiger partial charge in [-0.3, -0.25) is 9.03 Å². The number of nitrogens with one attached hydrogen (secondary N) is 1. The van der Waals surface area contributed by atoms with Crippen molar-refractivity contribution in [2.75, 3.05) is 21.3 Å². The van der Waals surface area contributed by atoms with Crippen LogP contribution in [0, 0.1) is 13.8 Å². The SMILES string of the molecule is Cc1cc(Br)ccc1NS(=O)(=O)c1cc(N2CCCCS2(=O)=O)ccc1C. The number of benzene rings is 2. The van der Waals surface area contributed by atoms with Crippen molar-refractivity contribution < 1.29 is 16.8 Å². The summed E-state index contributed by atoms with van der Waals surface area (Å²) < 4.78 is 55.4. The van der Waals surface area contributed by atoms with Crippen LogP contribution in [0.25, 0.3) is 0 Å². The maximum absolute atomic E-state index is 13.0. The van der Waals surface area contributed by atoms with Gasteiger partial charge >= 0.3 is 0 Å². The lowest BCUT2D eigenvalue weighted by molar-refractivity contribution is 0.574. The predicted molar refractivity (Wildman–Crippen MR) is 111 cm³/mol. The average molecular weight is 473 g/mol. The lowest BCUT2D eigenvalue weighted by Gasteiger charge is -2.28. The maximum atomic E-state index is 13.0. The first-order chi connectivity index (χ1) is 12.6. The molecule has 3 rings (SSSR count). The number of anilines is 2. The molecule has 1 saturated heterocycles. The van der Waals surface area contributed by atoms with Gasteiger partial charge in [-0.2, -0.15) is 0 Å². The van der Waals surface area contributed by atoms with E-state index in [4.69, 9.17) is 0 Å². The molecule has 9 heteroatoms. The molecule has 0 bridgehead atoms. The van der Waals surface area contributed by atoms with Crippen molar-refractivity contribution in [3.8, 4) is 0 Å². The topological polar surface area (TPSA) is 83.6 Å². The number of hydrogen-bond acceptors (Lipinski definition) is 4. The van der Waals surface area contributed by atoms with Crippen LogP contribution in [-0.2, 0) is 20.0 Å². The molecule has 0 amide bonds. The van der Waals surface area contributed by atoms with E-state index >= 15 is 0 Å². The minimum atomic E-state index is -3.86. The van der Waals surface area contributed by atoms with Gasteiger partial charge in [-0.25, -0.2) is 16.8 Å². The standard InChI is InChI=1S/C18H21BrN2O4S2/c1-13-5-7-16(21-9-3-4-10-26(21,22)23)12-18(13)27(24,25)20-17-8-6-15(19)11-14(17)2/h5-8,11-12,20H,3-4,9-10H2,1-2H3. The molecule has 0 saturated carbocycles. The largest absolute Gasteiger partial charge is 0.279 e. The van der Waals surface area contributed by atoms with Gasteiger partial charge in [0.25, 0.3) is 10.0 Å². The summed E-state index contributed by atoms with van der Waals surface area (Å²) in [7, 11) is -7.27. The summed E-state index contributed by atoms with van der Waals surface area (Å²) in [5, 5.41) is 0. The molecule has 146 valence electrons. The minimum absolute atomic E-state index is 0.0723. The summed E-state index contributed by atoms with van der Waals surface area (Å²) in [5.74, 6) is 0.0826. The van der Waals surface area contributed by atoms with Crippen LogP contribution in [0.2, 0.25) is 0 Å². The molecule has 1 aliphatic heterocycles. The Morgan fingerprint density at radius 3 is 2.44 bits per heavy atom. The molecule has 1 N–H and O–H groups in total. The molecule has 1 aliphatic rings. The average Bonchev–Trinajstić information content (AvgIpc) is 2.57. The molecule has 2 aromatic rings. The van der Waals surface area contributed by atoms with E-state index in [0.29, 0.717) is 29.9 Å². The molecule has 6 nitrogen and oxygen atoms in total. The Balaban J connectivity index is 2.00. The van der Waals surface area contributed by atoms with E-state index in [-0.39, 0.29) is 10.6 Å². The Morgan fingerprint density at radius 1 is 1.04 bits per heavy atom. The summed E-state index contributed by atoms with van der Waals surface area (Å²) in [4.78, 5) is 0.0723. The van der Waals surface area contributed by atoms with Crippen molar-refractivity contribution in [1.82, 2.24) is 0 Å². The molecule has 0 aliphatic carbocycles. The number of sulfonamides is 2. The Kier molecular flexibility index (Phi) is 5.56. The van der Waals surface area contributed by atoms with Gasteiger partial charge in [-0.1, -0.05) is 22.0 Å². The van der Waals surface area contributed by atoms with Gasteiger partial charge in [-0.15, -0.1) is 0 Å². The molecule has 0 atom stereocenters. The zero-order chi connectivity index (χ0) is 19.8. The molecule has 1 heterocycles. The fraction of sp³-hybridized carbons (Fsp3) is 0.333. The van der Waals surface area contributed by atoms with E-state index in [1.807, 2.05) is 13.0 Å². The van der Waals surface area contributed by atoms with E-state index < -0.39 is 20.0 Å². The summed E-state index contributed by atoms with van der Waals surface area (Å²) >= 11 is 3.36. The molecule has 1 fully saturated rings. The number of aryl methyl sites for hydroxylation is 2. The molecular weight excluding hydrogens is 452 g/mol. The van der Waals surface area contributed by atoms with E-state index in [1.54, 1.807) is 31.2 Å². The van der Waals surface area contributed by atoms with Crippen LogP contribution >= 0.6 is 15.9 Å². The molecule has 0 aromatic heterocycles. The van der Waals surface area contributed by atoms with Gasteiger partial charge in [0.2, 0.25) is 10.0 Å². The van der Waals surface area contributed by atoms with Crippen LogP contribution in [0.5, 0.6) is 0 Å². The highest BCUT2D eigenvalue weighted by atomic mass is 79.9. The van der Waals surface area contributed by atoms with Crippen molar-refractivity contribution in [2.24, 2.45) is 0 Å². The van der Waals surface area contributed by atoms with E-state index in [0.717, 1.165) is 16.5 Å². The first-order valence-electron chi connectivity index (χ1n) is 8.50. The fourth-order valence-electron chi connectivity index (χ4n) is 3.05. The first kappa shape index (κ1) is 20.2. The highest BCUT2D eigenvalue weighted by Crippen LogP contribution is 2.30. The lowest BCUT2D eigenvalue weighted by Crippen LogP contribution is -2.38. The Morgan fingerprint density at radius 2 is 1.78 bits per heavy atom. The lowest BCUT2D eigenvalue weighted by atomic mass is 10.2. The maximum Gasteiger partial charge on any atom is 0.262 e. The van der Waals surface area contributed by atoms with E-state index in [1.165, 1.54) is 10.4 Å². The first-order valence-corrected chi connectivity index (χ1v) is 12.4. The van der Waals surface area contributed by atoms with E-state index in [9.17, 15) is 16.8 Å². The predicted octanol–water partition coefficient (Wildman–Crippen LogP) is 3.80. The highest BCUT2D eigenvalue weighted by molar-refractivity contribution is 9.10. The quantitative estimate of drug-likeness (QED) is 0.733. The van der Waals surface area contributed by atoms with Crippen LogP contribution in [-0.4, -0.2) is 29.1 Å².